The highest BCUT2D eigenvalue weighted by molar-refractivity contribution is 5.98. The fourth-order valence-corrected chi connectivity index (χ4v) is 1.90. The monoisotopic (exact) mass is 246 g/mol. The molecule has 1 amide bonds. The van der Waals surface area contributed by atoms with Gasteiger partial charge in [0, 0.05) is 10.9 Å². The molecule has 18 heavy (non-hydrogen) atoms. The summed E-state index contributed by atoms with van der Waals surface area (Å²) in [5, 5.41) is 4.00. The van der Waals surface area contributed by atoms with Gasteiger partial charge in [-0.1, -0.05) is 11.6 Å². The quantitative estimate of drug-likeness (QED) is 0.716. The molecule has 0 aliphatic heterocycles. The van der Waals surface area contributed by atoms with E-state index in [2.05, 4.69) is 30.5 Å². The topological polar surface area (TPSA) is 49.3 Å². The third kappa shape index (κ3) is 2.90. The van der Waals surface area contributed by atoms with E-state index in [0.29, 0.717) is 12.2 Å². The van der Waals surface area contributed by atoms with Crippen LogP contribution in [0.3, 0.4) is 0 Å². The van der Waals surface area contributed by atoms with Gasteiger partial charge in [-0.15, -0.1) is 0 Å². The van der Waals surface area contributed by atoms with E-state index in [1.54, 1.807) is 0 Å². The summed E-state index contributed by atoms with van der Waals surface area (Å²) in [4.78, 5) is 16.4. The average molecular weight is 246 g/mol. The summed E-state index contributed by atoms with van der Waals surface area (Å²) >= 11 is 0. The Morgan fingerprint density at radius 2 is 2.11 bits per heavy atom. The Morgan fingerprint density at radius 1 is 1.33 bits per heavy atom. The van der Waals surface area contributed by atoms with Gasteiger partial charge in [0.1, 0.15) is 5.69 Å². The van der Waals surface area contributed by atoms with Crippen molar-refractivity contribution in [1.82, 2.24) is 10.3 Å². The van der Waals surface area contributed by atoms with Crippen molar-refractivity contribution in [3.63, 3.8) is 0 Å². The zero-order valence-corrected chi connectivity index (χ0v) is 11.1. The fraction of sp³-hybridized carbons (Fsp3) is 0.357. The van der Waals surface area contributed by atoms with E-state index in [1.807, 2.05) is 25.1 Å². The molecule has 0 bridgehead atoms. The molecular formula is C14H20N3O+. The van der Waals surface area contributed by atoms with Gasteiger partial charge in [0.25, 0.3) is 5.91 Å². The molecule has 0 radical (unpaired) electrons. The lowest BCUT2D eigenvalue weighted by molar-refractivity contribution is -0.856. The van der Waals surface area contributed by atoms with Crippen LogP contribution in [-0.2, 0) is 0 Å². The predicted molar refractivity (Wildman–Crippen MR) is 73.0 cm³/mol. The number of hydrogen-bond donors (Lipinski definition) is 3. The molecule has 1 heterocycles. The number of fused-ring (bicyclic) bond motifs is 1. The Labute approximate surface area is 107 Å². The van der Waals surface area contributed by atoms with E-state index in [4.69, 9.17) is 0 Å². The first-order valence-corrected chi connectivity index (χ1v) is 6.23. The molecular weight excluding hydrogens is 226 g/mol. The molecule has 0 aliphatic carbocycles. The molecule has 0 atom stereocenters. The molecule has 96 valence electrons. The summed E-state index contributed by atoms with van der Waals surface area (Å²) in [6.45, 7) is 3.66. The molecule has 1 aromatic heterocycles. The summed E-state index contributed by atoms with van der Waals surface area (Å²) in [6.07, 6.45) is 0. The number of nitrogens with one attached hydrogen (secondary N) is 3. The minimum atomic E-state index is -0.0369. The van der Waals surface area contributed by atoms with Crippen LogP contribution in [-0.4, -0.2) is 38.1 Å². The van der Waals surface area contributed by atoms with Crippen LogP contribution in [0.15, 0.2) is 24.3 Å². The number of carbonyl (C=O) groups excluding carboxylic acids is 1. The first-order chi connectivity index (χ1) is 8.56. The number of carbonyl (C=O) groups is 1. The van der Waals surface area contributed by atoms with Crippen molar-refractivity contribution >= 4 is 16.8 Å². The Hall–Kier alpha value is -1.81. The van der Waals surface area contributed by atoms with Gasteiger partial charge < -0.3 is 15.2 Å². The van der Waals surface area contributed by atoms with Crippen molar-refractivity contribution in [2.75, 3.05) is 27.2 Å². The minimum Gasteiger partial charge on any atom is -0.351 e. The summed E-state index contributed by atoms with van der Waals surface area (Å²) in [6, 6.07) is 8.02. The van der Waals surface area contributed by atoms with Gasteiger partial charge in [-0.05, 0) is 25.1 Å². The van der Waals surface area contributed by atoms with Gasteiger partial charge in [0.05, 0.1) is 27.2 Å². The summed E-state index contributed by atoms with van der Waals surface area (Å²) < 4.78 is 0. The third-order valence-corrected chi connectivity index (χ3v) is 2.93. The second-order valence-electron chi connectivity index (χ2n) is 4.99. The van der Waals surface area contributed by atoms with Crippen molar-refractivity contribution in [1.29, 1.82) is 0 Å². The van der Waals surface area contributed by atoms with E-state index < -0.39 is 0 Å². The lowest BCUT2D eigenvalue weighted by Gasteiger charge is -2.07. The van der Waals surface area contributed by atoms with Gasteiger partial charge in [0.15, 0.2) is 0 Å². The highest BCUT2D eigenvalue weighted by Gasteiger charge is 2.09. The molecule has 0 spiro atoms. The number of aromatic amines is 1. The number of likely N-dealkylation sites (N-methyl/N-ethyl adjacent to an activating group) is 1. The number of benzene rings is 1. The van der Waals surface area contributed by atoms with Gasteiger partial charge in [-0.25, -0.2) is 0 Å². The van der Waals surface area contributed by atoms with Crippen molar-refractivity contribution in [2.45, 2.75) is 6.92 Å². The molecule has 4 nitrogen and oxygen atoms in total. The number of H-pyrrole nitrogens is 1. The number of quaternary nitrogens is 1. The molecule has 0 saturated heterocycles. The van der Waals surface area contributed by atoms with Gasteiger partial charge in [-0.2, -0.15) is 0 Å². The van der Waals surface area contributed by atoms with Crippen molar-refractivity contribution < 1.29 is 9.69 Å². The molecule has 0 unspecified atom stereocenters. The lowest BCUT2D eigenvalue weighted by atomic mass is 10.2. The summed E-state index contributed by atoms with van der Waals surface area (Å²) in [5.74, 6) is -0.0369. The van der Waals surface area contributed by atoms with Crippen LogP contribution in [0.2, 0.25) is 0 Å². The maximum absolute atomic E-state index is 11.9. The number of amides is 1. The second kappa shape index (κ2) is 5.23. The van der Waals surface area contributed by atoms with Crippen molar-refractivity contribution in [2.24, 2.45) is 0 Å². The number of hydrogen-bond acceptors (Lipinski definition) is 1. The Kier molecular flexibility index (Phi) is 3.67. The van der Waals surface area contributed by atoms with E-state index in [1.165, 1.54) is 10.5 Å². The number of rotatable bonds is 4. The zero-order chi connectivity index (χ0) is 13.1. The van der Waals surface area contributed by atoms with Crippen LogP contribution in [0.25, 0.3) is 10.9 Å². The van der Waals surface area contributed by atoms with Crippen LogP contribution in [0.5, 0.6) is 0 Å². The normalized spacial score (nSPS) is 11.1. The molecule has 0 saturated carbocycles. The molecule has 3 N–H and O–H groups in total. The molecule has 4 heteroatoms. The van der Waals surface area contributed by atoms with Gasteiger partial charge in [0.2, 0.25) is 0 Å². The highest BCUT2D eigenvalue weighted by Crippen LogP contribution is 2.16. The van der Waals surface area contributed by atoms with Crippen LogP contribution in [0, 0.1) is 6.92 Å². The molecule has 0 fully saturated rings. The van der Waals surface area contributed by atoms with Crippen molar-refractivity contribution in [3.8, 4) is 0 Å². The first kappa shape index (κ1) is 12.6. The van der Waals surface area contributed by atoms with Crippen LogP contribution in [0.4, 0.5) is 0 Å². The molecule has 1 aromatic carbocycles. The summed E-state index contributed by atoms with van der Waals surface area (Å²) in [5.41, 5.74) is 2.83. The maximum Gasteiger partial charge on any atom is 0.267 e. The molecule has 0 aliphatic rings. The standard InChI is InChI=1S/C14H19N3O/c1-10-4-5-12-11(8-10)9-13(16-12)14(18)15-6-7-17(2)3/h4-5,8-9,16H,6-7H2,1-3H3,(H,15,18)/p+1. The van der Waals surface area contributed by atoms with Gasteiger partial charge in [-0.3, -0.25) is 4.79 Å². The van der Waals surface area contributed by atoms with Crippen LogP contribution in [0.1, 0.15) is 16.1 Å². The van der Waals surface area contributed by atoms with E-state index in [0.717, 1.165) is 17.4 Å². The first-order valence-electron chi connectivity index (χ1n) is 6.23. The average Bonchev–Trinajstić information content (AvgIpc) is 2.71. The highest BCUT2D eigenvalue weighted by atomic mass is 16.1. The SMILES string of the molecule is Cc1ccc2[nH]c(C(=O)NCC[NH+](C)C)cc2c1. The van der Waals surface area contributed by atoms with Gasteiger partial charge >= 0.3 is 0 Å². The molecule has 2 aromatic rings. The van der Waals surface area contributed by atoms with Crippen LogP contribution < -0.4 is 10.2 Å². The zero-order valence-electron chi connectivity index (χ0n) is 11.1. The van der Waals surface area contributed by atoms with E-state index >= 15 is 0 Å². The third-order valence-electron chi connectivity index (χ3n) is 2.93. The number of aromatic nitrogens is 1. The largest absolute Gasteiger partial charge is 0.351 e. The smallest absolute Gasteiger partial charge is 0.267 e. The van der Waals surface area contributed by atoms with Crippen molar-refractivity contribution in [3.05, 3.63) is 35.5 Å². The second-order valence-corrected chi connectivity index (χ2v) is 4.99. The Morgan fingerprint density at radius 3 is 2.83 bits per heavy atom. The lowest BCUT2D eigenvalue weighted by Crippen LogP contribution is -3.06. The Balaban J connectivity index is 2.08. The Bertz CT molecular complexity index is 557. The van der Waals surface area contributed by atoms with E-state index in [9.17, 15) is 4.79 Å². The minimum absolute atomic E-state index is 0.0369. The number of aryl methyl sites for hydroxylation is 1. The fourth-order valence-electron chi connectivity index (χ4n) is 1.90. The predicted octanol–water partition coefficient (Wildman–Crippen LogP) is 0.351. The van der Waals surface area contributed by atoms with E-state index in [-0.39, 0.29) is 5.91 Å². The summed E-state index contributed by atoms with van der Waals surface area (Å²) in [7, 11) is 4.13. The molecule has 2 rings (SSSR count). The van der Waals surface area contributed by atoms with Crippen LogP contribution >= 0.6 is 0 Å². The maximum atomic E-state index is 11.9.